The fourth-order valence-corrected chi connectivity index (χ4v) is 6.57. The molecule has 2 atom stereocenters. The number of ether oxygens (including phenoxy) is 1. The van der Waals surface area contributed by atoms with Gasteiger partial charge in [0.05, 0.1) is 18.1 Å². The number of allylic oxidation sites excluding steroid dienone is 1. The molecule has 3 aromatic rings. The van der Waals surface area contributed by atoms with Gasteiger partial charge in [0.1, 0.15) is 17.3 Å². The number of hydrogen-bond donors (Lipinski definition) is 2. The van der Waals surface area contributed by atoms with Crippen LogP contribution >= 0.6 is 11.8 Å². The first-order valence-corrected chi connectivity index (χ1v) is 17.1. The zero-order valence-corrected chi connectivity index (χ0v) is 27.9. The van der Waals surface area contributed by atoms with Crippen LogP contribution in [0, 0.1) is 17.8 Å². The van der Waals surface area contributed by atoms with Crippen molar-refractivity contribution in [3.05, 3.63) is 63.8 Å². The van der Waals surface area contributed by atoms with Crippen molar-refractivity contribution >= 4 is 22.7 Å². The summed E-state index contributed by atoms with van der Waals surface area (Å²) in [4.78, 5) is 13.5. The van der Waals surface area contributed by atoms with E-state index in [2.05, 4.69) is 40.7 Å². The molecule has 0 unspecified atom stereocenters. The predicted molar refractivity (Wildman–Crippen MR) is 182 cm³/mol. The molecule has 43 heavy (non-hydrogen) atoms. The lowest BCUT2D eigenvalue weighted by atomic mass is 9.91. The van der Waals surface area contributed by atoms with Gasteiger partial charge in [-0.2, -0.15) is 11.8 Å². The molecule has 3 rings (SSSR count). The van der Waals surface area contributed by atoms with Crippen LogP contribution in [0.3, 0.4) is 0 Å². The fraction of sp³-hybridized carbons (Fsp3) is 0.541. The van der Waals surface area contributed by atoms with Crippen molar-refractivity contribution in [2.24, 2.45) is 17.8 Å². The van der Waals surface area contributed by atoms with E-state index in [1.165, 1.54) is 69.1 Å². The smallest absolute Gasteiger partial charge is 0.197 e. The number of phenols is 2. The highest BCUT2D eigenvalue weighted by Crippen LogP contribution is 2.35. The Hall–Kier alpha value is -2.86. The Bertz CT molecular complexity index is 1370. The van der Waals surface area contributed by atoms with Gasteiger partial charge >= 0.3 is 0 Å². The fourth-order valence-electron chi connectivity index (χ4n) is 5.58. The number of phenolic OH excluding ortho intramolecular Hbond substituents is 2. The van der Waals surface area contributed by atoms with E-state index in [9.17, 15) is 15.0 Å². The highest BCUT2D eigenvalue weighted by atomic mass is 32.2. The quantitative estimate of drug-likeness (QED) is 0.110. The number of thioether (sulfide) groups is 1. The maximum atomic E-state index is 13.5. The van der Waals surface area contributed by atoms with Crippen LogP contribution in [0.1, 0.15) is 98.0 Å². The van der Waals surface area contributed by atoms with E-state index in [0.29, 0.717) is 22.8 Å². The summed E-state index contributed by atoms with van der Waals surface area (Å²) in [5, 5.41) is 20.5. The van der Waals surface area contributed by atoms with E-state index < -0.39 is 0 Å². The number of rotatable bonds is 18. The van der Waals surface area contributed by atoms with E-state index >= 15 is 0 Å². The molecule has 0 aliphatic heterocycles. The predicted octanol–water partition coefficient (Wildman–Crippen LogP) is 10.5. The number of aromatic hydroxyl groups is 2. The third kappa shape index (κ3) is 11.0. The van der Waals surface area contributed by atoms with Gasteiger partial charge in [0.15, 0.2) is 16.8 Å². The minimum absolute atomic E-state index is 0.0727. The van der Waals surface area contributed by atoms with Crippen LogP contribution in [-0.2, 0) is 5.75 Å². The Morgan fingerprint density at radius 1 is 0.930 bits per heavy atom. The van der Waals surface area contributed by atoms with E-state index in [1.807, 2.05) is 24.3 Å². The van der Waals surface area contributed by atoms with Gasteiger partial charge in [-0.15, -0.1) is 0 Å². The van der Waals surface area contributed by atoms with Gasteiger partial charge in [-0.3, -0.25) is 4.79 Å². The molecule has 0 radical (unpaired) electrons. The monoisotopic (exact) mass is 608 g/mol. The Balaban J connectivity index is 1.53. The molecule has 0 saturated heterocycles. The van der Waals surface area contributed by atoms with Crippen molar-refractivity contribution in [1.29, 1.82) is 0 Å². The van der Waals surface area contributed by atoms with Crippen LogP contribution in [-0.4, -0.2) is 23.1 Å². The van der Waals surface area contributed by atoms with Gasteiger partial charge in [-0.1, -0.05) is 84.3 Å². The molecule has 0 bridgehead atoms. The molecule has 0 aliphatic carbocycles. The first kappa shape index (κ1) is 34.6. The second kappa shape index (κ2) is 17.4. The van der Waals surface area contributed by atoms with E-state index in [0.717, 1.165) is 35.5 Å². The van der Waals surface area contributed by atoms with Crippen molar-refractivity contribution in [3.8, 4) is 28.6 Å². The van der Waals surface area contributed by atoms with E-state index in [4.69, 9.17) is 9.15 Å². The maximum Gasteiger partial charge on any atom is 0.197 e. The van der Waals surface area contributed by atoms with Crippen molar-refractivity contribution < 1.29 is 19.4 Å². The SMILES string of the molecule is COc1ccc(-c2oc3c(O)cc(O)cc3c(=O)c2CSC/C=C(\C)CCC[C@H](C)CCC[C@H](C)CCCC(C)C)cc1. The lowest BCUT2D eigenvalue weighted by molar-refractivity contribution is 0.389. The summed E-state index contributed by atoms with van der Waals surface area (Å²) in [5.74, 6) is 4.37. The average Bonchev–Trinajstić information content (AvgIpc) is 2.96. The van der Waals surface area contributed by atoms with Gasteiger partial charge in [-0.25, -0.2) is 0 Å². The molecule has 2 aromatic carbocycles. The summed E-state index contributed by atoms with van der Waals surface area (Å²) >= 11 is 1.66. The van der Waals surface area contributed by atoms with E-state index in [1.54, 1.807) is 18.9 Å². The normalized spacial score (nSPS) is 13.5. The molecule has 2 N–H and O–H groups in total. The molecule has 0 amide bonds. The lowest BCUT2D eigenvalue weighted by Crippen LogP contribution is -2.10. The minimum atomic E-state index is -0.263. The second-order valence-electron chi connectivity index (χ2n) is 12.7. The molecule has 0 fully saturated rings. The molecule has 0 spiro atoms. The summed E-state index contributed by atoms with van der Waals surface area (Å²) in [7, 11) is 1.60. The Morgan fingerprint density at radius 3 is 2.19 bits per heavy atom. The van der Waals surface area contributed by atoms with Crippen molar-refractivity contribution in [2.45, 2.75) is 98.2 Å². The van der Waals surface area contributed by atoms with Crippen molar-refractivity contribution in [1.82, 2.24) is 0 Å². The molecule has 1 heterocycles. The van der Waals surface area contributed by atoms with Gasteiger partial charge in [0.25, 0.3) is 0 Å². The van der Waals surface area contributed by atoms with Gasteiger partial charge in [0, 0.05) is 23.1 Å². The van der Waals surface area contributed by atoms with Gasteiger partial charge in [-0.05, 0) is 67.9 Å². The van der Waals surface area contributed by atoms with Crippen LogP contribution in [0.2, 0.25) is 0 Å². The first-order valence-electron chi connectivity index (χ1n) is 16.0. The zero-order valence-electron chi connectivity index (χ0n) is 27.1. The summed E-state index contributed by atoms with van der Waals surface area (Å²) in [5.41, 5.74) is 2.45. The lowest BCUT2D eigenvalue weighted by Gasteiger charge is -2.15. The molecular formula is C37H52O5S. The van der Waals surface area contributed by atoms with Crippen LogP contribution in [0.4, 0.5) is 0 Å². The second-order valence-corrected chi connectivity index (χ2v) is 13.8. The topological polar surface area (TPSA) is 79.9 Å². The largest absolute Gasteiger partial charge is 0.508 e. The first-order chi connectivity index (χ1) is 20.6. The Morgan fingerprint density at radius 2 is 1.56 bits per heavy atom. The van der Waals surface area contributed by atoms with Crippen LogP contribution in [0.25, 0.3) is 22.3 Å². The third-order valence-electron chi connectivity index (χ3n) is 8.34. The number of hydrogen-bond acceptors (Lipinski definition) is 6. The number of benzene rings is 2. The summed E-state index contributed by atoms with van der Waals surface area (Å²) in [6.07, 6.45) is 14.0. The molecule has 5 nitrogen and oxygen atoms in total. The molecule has 0 saturated carbocycles. The molecular weight excluding hydrogens is 556 g/mol. The van der Waals surface area contributed by atoms with Crippen LogP contribution in [0.5, 0.6) is 17.2 Å². The van der Waals surface area contributed by atoms with Gasteiger partial charge < -0.3 is 19.4 Å². The molecule has 1 aromatic heterocycles. The summed E-state index contributed by atoms with van der Waals surface area (Å²) in [6.45, 7) is 11.6. The van der Waals surface area contributed by atoms with Crippen LogP contribution < -0.4 is 10.2 Å². The minimum Gasteiger partial charge on any atom is -0.508 e. The zero-order chi connectivity index (χ0) is 31.4. The molecule has 0 aliphatic rings. The highest BCUT2D eigenvalue weighted by molar-refractivity contribution is 7.98. The van der Waals surface area contributed by atoms with Gasteiger partial charge in [0.2, 0.25) is 0 Å². The molecule has 6 heteroatoms. The van der Waals surface area contributed by atoms with Crippen LogP contribution in [0.15, 0.2) is 57.3 Å². The Kier molecular flexibility index (Phi) is 14.0. The van der Waals surface area contributed by atoms with E-state index in [-0.39, 0.29) is 27.9 Å². The van der Waals surface area contributed by atoms with Crippen molar-refractivity contribution in [2.75, 3.05) is 12.9 Å². The maximum absolute atomic E-state index is 13.5. The average molecular weight is 609 g/mol. The Labute approximate surface area is 262 Å². The third-order valence-corrected chi connectivity index (χ3v) is 9.23. The van der Waals surface area contributed by atoms with Crippen molar-refractivity contribution in [3.63, 3.8) is 0 Å². The standard InChI is InChI=1S/C37H52O5S/c1-25(2)10-7-11-26(3)12-8-13-27(4)14-9-15-28(5)20-21-43-24-33-35(40)32-22-30(38)23-34(39)37(32)42-36(33)29-16-18-31(41-6)19-17-29/h16-20,22-23,25-27,38-39H,7-15,21,24H2,1-6H3/b28-20+/t26-,27-/m1/s1. The highest BCUT2D eigenvalue weighted by Gasteiger charge is 2.19. The molecule has 236 valence electrons. The number of fused-ring (bicyclic) bond motifs is 1. The summed E-state index contributed by atoms with van der Waals surface area (Å²) < 4.78 is 11.4. The number of methoxy groups -OCH3 is 1. The summed E-state index contributed by atoms with van der Waals surface area (Å²) in [6, 6.07) is 9.85.